The van der Waals surface area contributed by atoms with Gasteiger partial charge in [-0.05, 0) is 30.2 Å². The molecule has 4 nitrogen and oxygen atoms in total. The monoisotopic (exact) mass is 349 g/mol. The van der Waals surface area contributed by atoms with Gasteiger partial charge in [-0.25, -0.2) is 4.79 Å². The van der Waals surface area contributed by atoms with E-state index in [9.17, 15) is 15.0 Å². The smallest absolute Gasteiger partial charge is 0.337 e. The minimum atomic E-state index is -1.00. The van der Waals surface area contributed by atoms with E-state index in [1.54, 1.807) is 18.2 Å². The number of aromatic carboxylic acids is 1. The van der Waals surface area contributed by atoms with E-state index < -0.39 is 5.97 Å². The molecule has 3 N–H and O–H groups in total. The Labute approximate surface area is 131 Å². The molecule has 0 radical (unpaired) electrons. The SMILES string of the molecule is O=C(O)c1cc(Br)ccc1NC(CO)Cc1ccccc1. The molecular formula is C16H16BrNO3. The number of hydrogen-bond donors (Lipinski definition) is 3. The van der Waals surface area contributed by atoms with Crippen molar-refractivity contribution in [1.82, 2.24) is 0 Å². The molecule has 21 heavy (non-hydrogen) atoms. The summed E-state index contributed by atoms with van der Waals surface area (Å²) in [6.45, 7) is -0.0793. The van der Waals surface area contributed by atoms with Gasteiger partial charge in [0.15, 0.2) is 0 Å². The fourth-order valence-electron chi connectivity index (χ4n) is 2.10. The van der Waals surface area contributed by atoms with Gasteiger partial charge in [0.1, 0.15) is 0 Å². The highest BCUT2D eigenvalue weighted by molar-refractivity contribution is 9.10. The molecule has 0 aliphatic carbocycles. The summed E-state index contributed by atoms with van der Waals surface area (Å²) < 4.78 is 0.703. The summed E-state index contributed by atoms with van der Waals surface area (Å²) in [5, 5.41) is 21.9. The molecule has 0 aliphatic rings. The van der Waals surface area contributed by atoms with Crippen LogP contribution in [0.15, 0.2) is 53.0 Å². The zero-order valence-electron chi connectivity index (χ0n) is 11.3. The molecule has 0 aromatic heterocycles. The van der Waals surface area contributed by atoms with Gasteiger partial charge in [-0.2, -0.15) is 0 Å². The predicted octanol–water partition coefficient (Wildman–Crippen LogP) is 3.16. The van der Waals surface area contributed by atoms with Crippen molar-refractivity contribution in [3.63, 3.8) is 0 Å². The third kappa shape index (κ3) is 4.31. The number of benzene rings is 2. The molecule has 2 rings (SSSR count). The molecule has 1 unspecified atom stereocenters. The topological polar surface area (TPSA) is 69.6 Å². The summed E-state index contributed by atoms with van der Waals surface area (Å²) in [6.07, 6.45) is 0.618. The van der Waals surface area contributed by atoms with Gasteiger partial charge in [0.25, 0.3) is 0 Å². The maximum absolute atomic E-state index is 11.3. The van der Waals surface area contributed by atoms with Crippen LogP contribution < -0.4 is 5.32 Å². The summed E-state index contributed by atoms with van der Waals surface area (Å²) in [6, 6.07) is 14.5. The number of anilines is 1. The highest BCUT2D eigenvalue weighted by Gasteiger charge is 2.15. The van der Waals surface area contributed by atoms with Gasteiger partial charge in [-0.1, -0.05) is 46.3 Å². The molecule has 0 saturated heterocycles. The van der Waals surface area contributed by atoms with E-state index in [2.05, 4.69) is 21.2 Å². The third-order valence-electron chi connectivity index (χ3n) is 3.12. The zero-order valence-corrected chi connectivity index (χ0v) is 12.9. The van der Waals surface area contributed by atoms with Crippen LogP contribution in [0.5, 0.6) is 0 Å². The van der Waals surface area contributed by atoms with Gasteiger partial charge in [-0.15, -0.1) is 0 Å². The average molecular weight is 350 g/mol. The van der Waals surface area contributed by atoms with Crippen LogP contribution >= 0.6 is 15.9 Å². The second kappa shape index (κ2) is 7.24. The largest absolute Gasteiger partial charge is 0.478 e. The highest BCUT2D eigenvalue weighted by atomic mass is 79.9. The molecule has 1 atom stereocenters. The summed E-state index contributed by atoms with van der Waals surface area (Å²) in [5.41, 5.74) is 1.76. The Hall–Kier alpha value is -1.85. The molecule has 0 heterocycles. The van der Waals surface area contributed by atoms with Gasteiger partial charge < -0.3 is 15.5 Å². The molecule has 5 heteroatoms. The fraction of sp³-hybridized carbons (Fsp3) is 0.188. The van der Waals surface area contributed by atoms with Gasteiger partial charge in [0.05, 0.1) is 18.2 Å². The van der Waals surface area contributed by atoms with Crippen molar-refractivity contribution in [2.45, 2.75) is 12.5 Å². The van der Waals surface area contributed by atoms with E-state index >= 15 is 0 Å². The molecule has 2 aromatic carbocycles. The van der Waals surface area contributed by atoms with Crippen LogP contribution in [-0.2, 0) is 6.42 Å². The van der Waals surface area contributed by atoms with Crippen molar-refractivity contribution >= 4 is 27.6 Å². The van der Waals surface area contributed by atoms with Crippen LogP contribution in [0.1, 0.15) is 15.9 Å². The molecular weight excluding hydrogens is 334 g/mol. The molecule has 110 valence electrons. The molecule has 0 saturated carbocycles. The van der Waals surface area contributed by atoms with E-state index in [-0.39, 0.29) is 18.2 Å². The highest BCUT2D eigenvalue weighted by Crippen LogP contribution is 2.22. The lowest BCUT2D eigenvalue weighted by molar-refractivity contribution is 0.0697. The first-order valence-corrected chi connectivity index (χ1v) is 7.33. The maximum atomic E-state index is 11.3. The minimum Gasteiger partial charge on any atom is -0.478 e. The average Bonchev–Trinajstić information content (AvgIpc) is 2.49. The van der Waals surface area contributed by atoms with Gasteiger partial charge in [0, 0.05) is 10.2 Å². The summed E-state index contributed by atoms with van der Waals surface area (Å²) >= 11 is 3.26. The van der Waals surface area contributed by atoms with Crippen molar-refractivity contribution in [3.05, 3.63) is 64.1 Å². The molecule has 0 bridgehead atoms. The molecule has 2 aromatic rings. The molecule has 0 spiro atoms. The van der Waals surface area contributed by atoms with Crippen LogP contribution in [0.25, 0.3) is 0 Å². The number of aliphatic hydroxyl groups is 1. The number of aliphatic hydroxyl groups excluding tert-OH is 1. The first-order chi connectivity index (χ1) is 10.1. The summed E-state index contributed by atoms with van der Waals surface area (Å²) in [5.74, 6) is -1.00. The van der Waals surface area contributed by atoms with Crippen LogP contribution in [-0.4, -0.2) is 28.8 Å². The Balaban J connectivity index is 2.17. The molecule has 0 aliphatic heterocycles. The second-order valence-corrected chi connectivity index (χ2v) is 5.62. The van der Waals surface area contributed by atoms with E-state index in [0.717, 1.165) is 5.56 Å². The minimum absolute atomic E-state index is 0.0793. The Morgan fingerprint density at radius 1 is 1.19 bits per heavy atom. The normalized spacial score (nSPS) is 11.9. The van der Waals surface area contributed by atoms with E-state index in [4.69, 9.17) is 0 Å². The predicted molar refractivity (Wildman–Crippen MR) is 85.7 cm³/mol. The number of rotatable bonds is 6. The van der Waals surface area contributed by atoms with E-state index in [1.165, 1.54) is 0 Å². The summed E-state index contributed by atoms with van der Waals surface area (Å²) in [4.78, 5) is 11.3. The third-order valence-corrected chi connectivity index (χ3v) is 3.61. The number of carbonyl (C=O) groups is 1. The first-order valence-electron chi connectivity index (χ1n) is 6.54. The molecule has 0 fully saturated rings. The van der Waals surface area contributed by atoms with E-state index in [1.807, 2.05) is 30.3 Å². The maximum Gasteiger partial charge on any atom is 0.337 e. The van der Waals surface area contributed by atoms with Gasteiger partial charge >= 0.3 is 5.97 Å². The van der Waals surface area contributed by atoms with Crippen molar-refractivity contribution in [3.8, 4) is 0 Å². The number of hydrogen-bond acceptors (Lipinski definition) is 3. The zero-order chi connectivity index (χ0) is 15.2. The van der Waals surface area contributed by atoms with Crippen molar-refractivity contribution in [2.75, 3.05) is 11.9 Å². The van der Waals surface area contributed by atoms with Crippen LogP contribution in [0.4, 0.5) is 5.69 Å². The lowest BCUT2D eigenvalue weighted by Crippen LogP contribution is -2.27. The van der Waals surface area contributed by atoms with Crippen molar-refractivity contribution < 1.29 is 15.0 Å². The quantitative estimate of drug-likeness (QED) is 0.749. The lowest BCUT2D eigenvalue weighted by atomic mass is 10.1. The fourth-order valence-corrected chi connectivity index (χ4v) is 2.46. The Morgan fingerprint density at radius 2 is 1.90 bits per heavy atom. The van der Waals surface area contributed by atoms with Crippen LogP contribution in [0, 0.1) is 0 Å². The van der Waals surface area contributed by atoms with Gasteiger partial charge in [0.2, 0.25) is 0 Å². The number of halogens is 1. The standard InChI is InChI=1S/C16H16BrNO3/c17-12-6-7-15(14(9-12)16(20)21)18-13(10-19)8-11-4-2-1-3-5-11/h1-7,9,13,18-19H,8,10H2,(H,20,21). The lowest BCUT2D eigenvalue weighted by Gasteiger charge is -2.19. The second-order valence-electron chi connectivity index (χ2n) is 4.71. The summed E-state index contributed by atoms with van der Waals surface area (Å²) in [7, 11) is 0. The number of carboxylic acid groups (broad SMARTS) is 1. The Morgan fingerprint density at radius 3 is 2.52 bits per heavy atom. The Kier molecular flexibility index (Phi) is 5.36. The van der Waals surface area contributed by atoms with Crippen LogP contribution in [0.3, 0.4) is 0 Å². The number of nitrogens with one attached hydrogen (secondary N) is 1. The molecule has 0 amide bonds. The first kappa shape index (κ1) is 15.5. The number of carboxylic acids is 1. The Bertz CT molecular complexity index is 616. The van der Waals surface area contributed by atoms with Crippen molar-refractivity contribution in [2.24, 2.45) is 0 Å². The van der Waals surface area contributed by atoms with Crippen LogP contribution in [0.2, 0.25) is 0 Å². The van der Waals surface area contributed by atoms with Gasteiger partial charge in [-0.3, -0.25) is 0 Å². The van der Waals surface area contributed by atoms with E-state index in [0.29, 0.717) is 16.6 Å². The van der Waals surface area contributed by atoms with Crippen molar-refractivity contribution in [1.29, 1.82) is 0 Å².